The molecular weight excluding hydrogens is 308 g/mol. The summed E-state index contributed by atoms with van der Waals surface area (Å²) in [5.41, 5.74) is 2.10. The van der Waals surface area contributed by atoms with E-state index < -0.39 is 0 Å². The molecule has 0 amide bonds. The molecule has 0 bridgehead atoms. The number of esters is 1. The summed E-state index contributed by atoms with van der Waals surface area (Å²) in [6.07, 6.45) is 5.39. The second-order valence-electron chi connectivity index (χ2n) is 9.01. The Morgan fingerprint density at radius 1 is 1.08 bits per heavy atom. The molecule has 1 aliphatic carbocycles. The van der Waals surface area contributed by atoms with Crippen LogP contribution in [0.1, 0.15) is 84.3 Å². The molecule has 2 rings (SSSR count). The van der Waals surface area contributed by atoms with Gasteiger partial charge in [0.2, 0.25) is 0 Å². The van der Waals surface area contributed by atoms with Crippen molar-refractivity contribution < 1.29 is 9.53 Å². The van der Waals surface area contributed by atoms with E-state index in [4.69, 9.17) is 4.74 Å². The van der Waals surface area contributed by atoms with E-state index in [0.29, 0.717) is 5.92 Å². The smallest absolute Gasteiger partial charge is 0.313 e. The fourth-order valence-corrected chi connectivity index (χ4v) is 3.90. The van der Waals surface area contributed by atoms with Crippen molar-refractivity contribution in [2.24, 2.45) is 17.8 Å². The molecule has 0 aliphatic heterocycles. The highest BCUT2D eigenvalue weighted by Crippen LogP contribution is 2.38. The lowest BCUT2D eigenvalue weighted by atomic mass is 9.75. The zero-order valence-corrected chi connectivity index (χ0v) is 17.0. The summed E-state index contributed by atoms with van der Waals surface area (Å²) in [5, 5.41) is 0. The maximum absolute atomic E-state index is 12.7. The summed E-state index contributed by atoms with van der Waals surface area (Å²) in [4.78, 5) is 12.7. The van der Waals surface area contributed by atoms with Crippen LogP contribution in [0.15, 0.2) is 24.3 Å². The van der Waals surface area contributed by atoms with Crippen LogP contribution in [-0.2, 0) is 16.0 Å². The lowest BCUT2D eigenvalue weighted by Crippen LogP contribution is -2.38. The summed E-state index contributed by atoms with van der Waals surface area (Å²) in [5.74, 6) is 1.87. The van der Waals surface area contributed by atoms with Crippen LogP contribution in [0.2, 0.25) is 0 Å². The highest BCUT2D eigenvalue weighted by atomic mass is 16.6. The Morgan fingerprint density at radius 3 is 2.12 bits per heavy atom. The number of ether oxygens (including phenoxy) is 1. The normalized spacial score (nSPS) is 25.2. The van der Waals surface area contributed by atoms with Gasteiger partial charge in [0.05, 0.1) is 5.92 Å². The average Bonchev–Trinajstić information content (AvgIpc) is 2.54. The van der Waals surface area contributed by atoms with Crippen LogP contribution in [0.5, 0.6) is 0 Å². The van der Waals surface area contributed by atoms with E-state index in [-0.39, 0.29) is 17.5 Å². The molecule has 1 fully saturated rings. The molecule has 25 heavy (non-hydrogen) atoms. The zero-order valence-electron chi connectivity index (χ0n) is 17.0. The number of hydrogen-bond acceptors (Lipinski definition) is 2. The molecule has 0 spiro atoms. The van der Waals surface area contributed by atoms with Gasteiger partial charge in [-0.25, -0.2) is 0 Å². The molecule has 1 atom stereocenters. The SMILES string of the molecule is CC(C)Cc1ccc(C(C)C(=O)OC2(C)CCC(C(C)C)CC2)cc1. The highest BCUT2D eigenvalue weighted by Gasteiger charge is 2.36. The maximum Gasteiger partial charge on any atom is 0.313 e. The third kappa shape index (κ3) is 5.59. The zero-order chi connectivity index (χ0) is 18.6. The molecule has 0 N–H and O–H groups in total. The van der Waals surface area contributed by atoms with Gasteiger partial charge in [-0.3, -0.25) is 4.79 Å². The first-order valence-corrected chi connectivity index (χ1v) is 10.0. The molecule has 1 aromatic carbocycles. The van der Waals surface area contributed by atoms with Crippen LogP contribution in [0.3, 0.4) is 0 Å². The number of rotatable bonds is 6. The molecule has 1 unspecified atom stereocenters. The Labute approximate surface area is 154 Å². The Kier molecular flexibility index (Phi) is 6.71. The first-order valence-electron chi connectivity index (χ1n) is 10.0. The van der Waals surface area contributed by atoms with Gasteiger partial charge in [0.25, 0.3) is 0 Å². The van der Waals surface area contributed by atoms with E-state index in [0.717, 1.165) is 36.7 Å². The summed E-state index contributed by atoms with van der Waals surface area (Å²) < 4.78 is 5.98. The first kappa shape index (κ1) is 20.0. The minimum Gasteiger partial charge on any atom is -0.459 e. The Morgan fingerprint density at radius 2 is 1.64 bits per heavy atom. The predicted molar refractivity (Wildman–Crippen MR) is 105 cm³/mol. The molecular formula is C23H36O2. The molecule has 2 nitrogen and oxygen atoms in total. The molecule has 0 heterocycles. The Hall–Kier alpha value is -1.31. The summed E-state index contributed by atoms with van der Waals surface area (Å²) >= 11 is 0. The van der Waals surface area contributed by atoms with Crippen molar-refractivity contribution in [1.82, 2.24) is 0 Å². The quantitative estimate of drug-likeness (QED) is 0.580. The monoisotopic (exact) mass is 344 g/mol. The highest BCUT2D eigenvalue weighted by molar-refractivity contribution is 5.78. The first-order chi connectivity index (χ1) is 11.7. The molecule has 0 aromatic heterocycles. The van der Waals surface area contributed by atoms with Crippen LogP contribution in [-0.4, -0.2) is 11.6 Å². The molecule has 140 valence electrons. The van der Waals surface area contributed by atoms with E-state index in [1.54, 1.807) is 0 Å². The number of carbonyl (C=O) groups excluding carboxylic acids is 1. The second kappa shape index (κ2) is 8.38. The van der Waals surface area contributed by atoms with E-state index in [2.05, 4.69) is 58.9 Å². The van der Waals surface area contributed by atoms with Crippen LogP contribution >= 0.6 is 0 Å². The molecule has 0 radical (unpaired) electrons. The molecule has 1 saturated carbocycles. The van der Waals surface area contributed by atoms with Gasteiger partial charge in [0, 0.05) is 0 Å². The van der Waals surface area contributed by atoms with Crippen molar-refractivity contribution in [3.63, 3.8) is 0 Å². The van der Waals surface area contributed by atoms with Crippen molar-refractivity contribution in [2.45, 2.75) is 85.2 Å². The molecule has 0 saturated heterocycles. The fraction of sp³-hybridized carbons (Fsp3) is 0.696. The van der Waals surface area contributed by atoms with Crippen molar-refractivity contribution in [2.75, 3.05) is 0 Å². The number of carbonyl (C=O) groups is 1. The van der Waals surface area contributed by atoms with Crippen LogP contribution in [0, 0.1) is 17.8 Å². The lowest BCUT2D eigenvalue weighted by molar-refractivity contribution is -0.163. The van der Waals surface area contributed by atoms with Gasteiger partial charge in [0.15, 0.2) is 0 Å². The molecule has 1 aliphatic rings. The van der Waals surface area contributed by atoms with E-state index >= 15 is 0 Å². The van der Waals surface area contributed by atoms with Gasteiger partial charge in [-0.2, -0.15) is 0 Å². The van der Waals surface area contributed by atoms with Crippen LogP contribution < -0.4 is 0 Å². The predicted octanol–water partition coefficient (Wildman–Crippen LogP) is 6.14. The van der Waals surface area contributed by atoms with Crippen molar-refractivity contribution in [1.29, 1.82) is 0 Å². The van der Waals surface area contributed by atoms with E-state index in [1.165, 1.54) is 18.4 Å². The standard InChI is InChI=1S/C23H36O2/c1-16(2)15-19-7-9-21(10-8-19)18(5)22(24)25-23(6)13-11-20(12-14-23)17(3)4/h7-10,16-18,20H,11-15H2,1-6H3. The Balaban J connectivity index is 1.93. The van der Waals surface area contributed by atoms with E-state index in [1.807, 2.05) is 6.92 Å². The summed E-state index contributed by atoms with van der Waals surface area (Å²) in [6, 6.07) is 8.46. The minimum absolute atomic E-state index is 0.0814. The van der Waals surface area contributed by atoms with Crippen LogP contribution in [0.4, 0.5) is 0 Å². The third-order valence-electron chi connectivity index (χ3n) is 5.85. The van der Waals surface area contributed by atoms with E-state index in [9.17, 15) is 4.79 Å². The maximum atomic E-state index is 12.7. The van der Waals surface area contributed by atoms with Gasteiger partial charge in [0.1, 0.15) is 5.60 Å². The Bertz CT molecular complexity index is 548. The number of hydrogen-bond donors (Lipinski definition) is 0. The third-order valence-corrected chi connectivity index (χ3v) is 5.85. The lowest BCUT2D eigenvalue weighted by Gasteiger charge is -2.38. The summed E-state index contributed by atoms with van der Waals surface area (Å²) in [6.45, 7) is 13.1. The van der Waals surface area contributed by atoms with Gasteiger partial charge in [-0.1, -0.05) is 52.0 Å². The minimum atomic E-state index is -0.283. The van der Waals surface area contributed by atoms with Crippen LogP contribution in [0.25, 0.3) is 0 Å². The average molecular weight is 345 g/mol. The number of benzene rings is 1. The van der Waals surface area contributed by atoms with Crippen molar-refractivity contribution >= 4 is 5.97 Å². The van der Waals surface area contributed by atoms with Gasteiger partial charge in [-0.15, -0.1) is 0 Å². The van der Waals surface area contributed by atoms with Gasteiger partial charge in [-0.05, 0) is 74.8 Å². The fourth-order valence-electron chi connectivity index (χ4n) is 3.90. The summed E-state index contributed by atoms with van der Waals surface area (Å²) in [7, 11) is 0. The largest absolute Gasteiger partial charge is 0.459 e. The molecule has 2 heteroatoms. The van der Waals surface area contributed by atoms with Gasteiger partial charge < -0.3 is 4.74 Å². The van der Waals surface area contributed by atoms with Crippen molar-refractivity contribution in [3.05, 3.63) is 35.4 Å². The van der Waals surface area contributed by atoms with Crippen molar-refractivity contribution in [3.8, 4) is 0 Å². The molecule has 1 aromatic rings. The van der Waals surface area contributed by atoms with Gasteiger partial charge >= 0.3 is 5.97 Å². The second-order valence-corrected chi connectivity index (χ2v) is 9.01. The topological polar surface area (TPSA) is 26.3 Å².